The number of sulfonamides is 1. The van der Waals surface area contributed by atoms with Gasteiger partial charge in [-0.3, -0.25) is 4.79 Å². The molecule has 1 amide bonds. The second kappa shape index (κ2) is 8.88. The summed E-state index contributed by atoms with van der Waals surface area (Å²) in [5.41, 5.74) is 1.40. The summed E-state index contributed by atoms with van der Waals surface area (Å²) in [6.07, 6.45) is 0. The molecule has 0 radical (unpaired) electrons. The molecule has 0 unspecified atom stereocenters. The summed E-state index contributed by atoms with van der Waals surface area (Å²) in [6.45, 7) is 4.74. The van der Waals surface area contributed by atoms with E-state index in [-0.39, 0.29) is 10.5 Å². The van der Waals surface area contributed by atoms with Gasteiger partial charge in [0, 0.05) is 23.5 Å². The summed E-state index contributed by atoms with van der Waals surface area (Å²) in [5.74, 6) is 0.641. The second-order valence-corrected chi connectivity index (χ2v) is 8.30. The van der Waals surface area contributed by atoms with Crippen molar-refractivity contribution in [3.8, 4) is 5.75 Å². The quantitative estimate of drug-likeness (QED) is 0.643. The Morgan fingerprint density at radius 3 is 2.30 bits per heavy atom. The number of ether oxygens (including phenoxy) is 1. The van der Waals surface area contributed by atoms with Crippen molar-refractivity contribution >= 4 is 27.3 Å². The first-order valence-corrected chi connectivity index (χ1v) is 10.0. The van der Waals surface area contributed by atoms with Crippen LogP contribution >= 0.6 is 0 Å². The zero-order valence-corrected chi connectivity index (χ0v) is 16.7. The summed E-state index contributed by atoms with van der Waals surface area (Å²) in [7, 11) is -0.787. The standard InChI is InChI=1S/C19H25N3O4S/c1-13(2)12-21-16-9-14(10-18(11-16)27(24,25)20-3)19(23)22-15-5-7-17(26-4)8-6-15/h5-11,13,20-21H,12H2,1-4H3,(H,22,23). The predicted octanol–water partition coefficient (Wildman–Crippen LogP) is 2.92. The Hall–Kier alpha value is -2.58. The number of anilines is 2. The number of methoxy groups -OCH3 is 1. The van der Waals surface area contributed by atoms with Gasteiger partial charge in [0.1, 0.15) is 5.75 Å². The van der Waals surface area contributed by atoms with Crippen molar-refractivity contribution < 1.29 is 17.9 Å². The first-order valence-electron chi connectivity index (χ1n) is 8.53. The zero-order valence-electron chi connectivity index (χ0n) is 15.9. The van der Waals surface area contributed by atoms with E-state index in [4.69, 9.17) is 4.74 Å². The number of rotatable bonds is 8. The molecule has 0 spiro atoms. The second-order valence-electron chi connectivity index (χ2n) is 6.41. The number of carbonyl (C=O) groups excluding carboxylic acids is 1. The average Bonchev–Trinajstić information content (AvgIpc) is 2.66. The van der Waals surface area contributed by atoms with Crippen molar-refractivity contribution in [1.82, 2.24) is 4.72 Å². The highest BCUT2D eigenvalue weighted by molar-refractivity contribution is 7.89. The maximum atomic E-state index is 12.6. The van der Waals surface area contributed by atoms with E-state index < -0.39 is 15.9 Å². The van der Waals surface area contributed by atoms with Gasteiger partial charge in [0.05, 0.1) is 12.0 Å². The van der Waals surface area contributed by atoms with E-state index >= 15 is 0 Å². The molecule has 0 saturated heterocycles. The first-order chi connectivity index (χ1) is 12.7. The van der Waals surface area contributed by atoms with Crippen LogP contribution < -0.4 is 20.1 Å². The topological polar surface area (TPSA) is 96.5 Å². The Bertz CT molecular complexity index is 894. The number of nitrogens with one attached hydrogen (secondary N) is 3. The molecule has 0 aromatic heterocycles. The van der Waals surface area contributed by atoms with Gasteiger partial charge < -0.3 is 15.4 Å². The first kappa shape index (κ1) is 20.7. The van der Waals surface area contributed by atoms with Crippen LogP contribution in [-0.4, -0.2) is 35.0 Å². The molecule has 7 nitrogen and oxygen atoms in total. The van der Waals surface area contributed by atoms with Crippen molar-refractivity contribution in [2.75, 3.05) is 31.3 Å². The predicted molar refractivity (Wildman–Crippen MR) is 107 cm³/mol. The summed E-state index contributed by atoms with van der Waals surface area (Å²) >= 11 is 0. The van der Waals surface area contributed by atoms with E-state index in [0.29, 0.717) is 29.6 Å². The Kier molecular flexibility index (Phi) is 6.81. The van der Waals surface area contributed by atoms with E-state index in [0.717, 1.165) is 0 Å². The summed E-state index contributed by atoms with van der Waals surface area (Å²) in [5, 5.41) is 5.93. The zero-order chi connectivity index (χ0) is 20.0. The van der Waals surface area contributed by atoms with Crippen molar-refractivity contribution in [1.29, 1.82) is 0 Å². The van der Waals surface area contributed by atoms with Gasteiger partial charge in [-0.05, 0) is 55.4 Å². The number of hydrogen-bond acceptors (Lipinski definition) is 5. The molecule has 0 aliphatic heterocycles. The molecular weight excluding hydrogens is 366 g/mol. The average molecular weight is 391 g/mol. The minimum absolute atomic E-state index is 0.0265. The monoisotopic (exact) mass is 391 g/mol. The summed E-state index contributed by atoms with van der Waals surface area (Å²) in [6, 6.07) is 11.4. The fraction of sp³-hybridized carbons (Fsp3) is 0.316. The van der Waals surface area contributed by atoms with Crippen LogP contribution in [0, 0.1) is 5.92 Å². The van der Waals surface area contributed by atoms with Gasteiger partial charge in [-0.2, -0.15) is 0 Å². The molecule has 27 heavy (non-hydrogen) atoms. The smallest absolute Gasteiger partial charge is 0.255 e. The molecule has 0 bridgehead atoms. The van der Waals surface area contributed by atoms with Gasteiger partial charge in [0.2, 0.25) is 10.0 Å². The Labute approximate surface area is 160 Å². The summed E-state index contributed by atoms with van der Waals surface area (Å²) < 4.78 is 31.8. The van der Waals surface area contributed by atoms with Gasteiger partial charge in [-0.1, -0.05) is 13.8 Å². The molecule has 0 saturated carbocycles. The van der Waals surface area contributed by atoms with Crippen LogP contribution in [0.4, 0.5) is 11.4 Å². The lowest BCUT2D eigenvalue weighted by Gasteiger charge is -2.13. The van der Waals surface area contributed by atoms with Gasteiger partial charge in [0.15, 0.2) is 0 Å². The van der Waals surface area contributed by atoms with E-state index in [2.05, 4.69) is 15.4 Å². The van der Waals surface area contributed by atoms with E-state index in [1.807, 2.05) is 13.8 Å². The van der Waals surface area contributed by atoms with Gasteiger partial charge >= 0.3 is 0 Å². The molecule has 0 atom stereocenters. The lowest BCUT2D eigenvalue weighted by atomic mass is 10.1. The van der Waals surface area contributed by atoms with Crippen LogP contribution in [0.1, 0.15) is 24.2 Å². The fourth-order valence-corrected chi connectivity index (χ4v) is 3.10. The van der Waals surface area contributed by atoms with Gasteiger partial charge in [-0.25, -0.2) is 13.1 Å². The molecule has 146 valence electrons. The molecule has 0 aliphatic rings. The number of carbonyl (C=O) groups is 1. The van der Waals surface area contributed by atoms with Crippen molar-refractivity contribution in [2.24, 2.45) is 5.92 Å². The highest BCUT2D eigenvalue weighted by Crippen LogP contribution is 2.21. The van der Waals surface area contributed by atoms with Crippen LogP contribution in [0.3, 0.4) is 0 Å². The molecule has 2 rings (SSSR count). The Morgan fingerprint density at radius 2 is 1.74 bits per heavy atom. The fourth-order valence-electron chi connectivity index (χ4n) is 2.30. The molecule has 0 heterocycles. The van der Waals surface area contributed by atoms with E-state index in [9.17, 15) is 13.2 Å². The highest BCUT2D eigenvalue weighted by Gasteiger charge is 2.17. The van der Waals surface area contributed by atoms with Crippen molar-refractivity contribution in [2.45, 2.75) is 18.7 Å². The largest absolute Gasteiger partial charge is 0.497 e. The third-order valence-electron chi connectivity index (χ3n) is 3.81. The van der Waals surface area contributed by atoms with E-state index in [1.54, 1.807) is 37.4 Å². The molecule has 8 heteroatoms. The van der Waals surface area contributed by atoms with Crippen LogP contribution in [-0.2, 0) is 10.0 Å². The third-order valence-corrected chi connectivity index (χ3v) is 5.20. The minimum Gasteiger partial charge on any atom is -0.497 e. The van der Waals surface area contributed by atoms with E-state index in [1.165, 1.54) is 19.2 Å². The summed E-state index contributed by atoms with van der Waals surface area (Å²) in [4.78, 5) is 12.7. The SMILES string of the molecule is CNS(=O)(=O)c1cc(NCC(C)C)cc(C(=O)Nc2ccc(OC)cc2)c1. The molecule has 3 N–H and O–H groups in total. The number of amides is 1. The van der Waals surface area contributed by atoms with Crippen LogP contribution in [0.2, 0.25) is 0 Å². The molecule has 0 fully saturated rings. The van der Waals surface area contributed by atoms with Crippen LogP contribution in [0.5, 0.6) is 5.75 Å². The maximum Gasteiger partial charge on any atom is 0.255 e. The van der Waals surface area contributed by atoms with Gasteiger partial charge in [-0.15, -0.1) is 0 Å². The molecule has 2 aromatic carbocycles. The highest BCUT2D eigenvalue weighted by atomic mass is 32.2. The number of hydrogen-bond donors (Lipinski definition) is 3. The molecule has 0 aliphatic carbocycles. The molecular formula is C19H25N3O4S. The third kappa shape index (κ3) is 5.70. The minimum atomic E-state index is -3.68. The molecule has 2 aromatic rings. The Balaban J connectivity index is 2.33. The Morgan fingerprint density at radius 1 is 1.07 bits per heavy atom. The van der Waals surface area contributed by atoms with Gasteiger partial charge in [0.25, 0.3) is 5.91 Å². The number of benzene rings is 2. The van der Waals surface area contributed by atoms with Crippen LogP contribution in [0.15, 0.2) is 47.4 Å². The lowest BCUT2D eigenvalue weighted by Crippen LogP contribution is -2.20. The lowest BCUT2D eigenvalue weighted by molar-refractivity contribution is 0.102. The van der Waals surface area contributed by atoms with Crippen molar-refractivity contribution in [3.63, 3.8) is 0 Å². The van der Waals surface area contributed by atoms with Crippen LogP contribution in [0.25, 0.3) is 0 Å². The van der Waals surface area contributed by atoms with Crippen molar-refractivity contribution in [3.05, 3.63) is 48.0 Å². The maximum absolute atomic E-state index is 12.6. The normalized spacial score (nSPS) is 11.3.